The van der Waals surface area contributed by atoms with Gasteiger partial charge >= 0.3 is 0 Å². The van der Waals surface area contributed by atoms with Crippen molar-refractivity contribution in [1.29, 1.82) is 0 Å². The number of para-hydroxylation sites is 4. The highest BCUT2D eigenvalue weighted by atomic mass is 16.3. The van der Waals surface area contributed by atoms with Gasteiger partial charge in [0.1, 0.15) is 28.2 Å². The highest BCUT2D eigenvalue weighted by molar-refractivity contribution is 6.17. The molecule has 6 nitrogen and oxygen atoms in total. The fraction of sp³-hybridized carbons (Fsp3) is 0.0175. The second-order valence-electron chi connectivity index (χ2n) is 16.1. The van der Waals surface area contributed by atoms with Crippen molar-refractivity contribution in [3.63, 3.8) is 0 Å². The number of benzene rings is 9. The zero-order chi connectivity index (χ0) is 41.4. The van der Waals surface area contributed by atoms with E-state index in [2.05, 4.69) is 180 Å². The van der Waals surface area contributed by atoms with Crippen LogP contribution in [0.2, 0.25) is 0 Å². The zero-order valence-electron chi connectivity index (χ0n) is 33.9. The van der Waals surface area contributed by atoms with Crippen molar-refractivity contribution in [2.45, 2.75) is 6.17 Å². The Labute approximate surface area is 361 Å². The van der Waals surface area contributed by atoms with Crippen LogP contribution in [0.15, 0.2) is 225 Å². The van der Waals surface area contributed by atoms with E-state index in [1.54, 1.807) is 0 Å². The highest BCUT2D eigenvalue weighted by Gasteiger charge is 2.25. The van der Waals surface area contributed by atoms with E-state index >= 15 is 0 Å². The van der Waals surface area contributed by atoms with Gasteiger partial charge in [-0.2, -0.15) is 0 Å². The molecule has 1 aliphatic heterocycles. The molecule has 1 aliphatic rings. The van der Waals surface area contributed by atoms with Crippen LogP contribution in [-0.4, -0.2) is 16.2 Å². The third-order valence-corrected chi connectivity index (χ3v) is 12.5. The quantitative estimate of drug-likeness (QED) is 0.182. The number of nitrogens with zero attached hydrogens (tertiary/aromatic N) is 3. The summed E-state index contributed by atoms with van der Waals surface area (Å²) in [7, 11) is 0. The van der Waals surface area contributed by atoms with Crippen molar-refractivity contribution in [3.05, 3.63) is 223 Å². The summed E-state index contributed by atoms with van der Waals surface area (Å²) in [4.78, 5) is 10.4. The van der Waals surface area contributed by atoms with Crippen LogP contribution in [0.25, 0.3) is 93.6 Å². The van der Waals surface area contributed by atoms with Crippen LogP contribution in [0, 0.1) is 0 Å². The molecule has 1 N–H and O–H groups in total. The van der Waals surface area contributed by atoms with Gasteiger partial charge in [-0.25, -0.2) is 9.98 Å². The minimum Gasteiger partial charge on any atom is -0.456 e. The van der Waals surface area contributed by atoms with E-state index in [0.29, 0.717) is 5.84 Å². The van der Waals surface area contributed by atoms with Crippen LogP contribution in [-0.2, 0) is 0 Å². The lowest BCUT2D eigenvalue weighted by atomic mass is 9.99. The largest absolute Gasteiger partial charge is 0.456 e. The summed E-state index contributed by atoms with van der Waals surface area (Å²) < 4.78 is 15.7. The summed E-state index contributed by atoms with van der Waals surface area (Å²) in [6.07, 6.45) is -0.443. The summed E-state index contributed by atoms with van der Waals surface area (Å²) in [5, 5.41) is 10.3. The van der Waals surface area contributed by atoms with Crippen LogP contribution in [0.5, 0.6) is 0 Å². The van der Waals surface area contributed by atoms with Gasteiger partial charge in [-0.05, 0) is 65.2 Å². The standard InChI is InChI=1S/C57H36N4O2/c1-4-14-35(15-5-1)37-28-31-49-48(32-37)42-29-26-38(33-50(42)61(49)40-18-8-3-9-19-40)41-21-12-22-46-44-30-27-39(34-52(44)63-53(41)46)56-58-55(36-16-6-2-7-17-36)59-57(60-56)47-24-13-23-45-43-20-10-11-25-51(43)62-54(45)47/h1-34,57H,(H,58,59,60). The Morgan fingerprint density at radius 1 is 0.413 bits per heavy atom. The molecule has 0 bridgehead atoms. The maximum atomic E-state index is 6.89. The molecule has 63 heavy (non-hydrogen) atoms. The first-order valence-electron chi connectivity index (χ1n) is 21.3. The van der Waals surface area contributed by atoms with Gasteiger partial charge in [0.05, 0.1) is 11.0 Å². The number of aliphatic imine (C=N–C) groups is 2. The number of fused-ring (bicyclic) bond motifs is 9. The molecular formula is C57H36N4O2. The SMILES string of the molecule is c1ccc(C2=NC(c3ccc4c(c3)oc3c(-c5ccc6c7cc(-c8ccccc8)ccc7n(-c7ccccc7)c6c5)cccc34)=NC(c3cccc4c3oc3ccccc34)N2)cc1. The van der Waals surface area contributed by atoms with Crippen molar-refractivity contribution >= 4 is 77.4 Å². The van der Waals surface area contributed by atoms with Crippen LogP contribution in [0.3, 0.4) is 0 Å². The first-order valence-corrected chi connectivity index (χ1v) is 21.3. The number of hydrogen-bond donors (Lipinski definition) is 1. The molecule has 12 aromatic rings. The molecule has 6 heteroatoms. The maximum Gasteiger partial charge on any atom is 0.159 e. The monoisotopic (exact) mass is 808 g/mol. The molecular weight excluding hydrogens is 773 g/mol. The summed E-state index contributed by atoms with van der Waals surface area (Å²) in [5.74, 6) is 1.35. The first kappa shape index (κ1) is 35.3. The van der Waals surface area contributed by atoms with Gasteiger partial charge in [-0.15, -0.1) is 0 Å². The van der Waals surface area contributed by atoms with Gasteiger partial charge in [0.2, 0.25) is 0 Å². The average Bonchev–Trinajstić information content (AvgIpc) is 4.03. The Morgan fingerprint density at radius 2 is 1.06 bits per heavy atom. The van der Waals surface area contributed by atoms with Gasteiger partial charge in [0.15, 0.2) is 12.0 Å². The molecule has 0 aliphatic carbocycles. The Bertz CT molecular complexity index is 3820. The lowest BCUT2D eigenvalue weighted by molar-refractivity contribution is 0.628. The predicted molar refractivity (Wildman–Crippen MR) is 258 cm³/mol. The van der Waals surface area contributed by atoms with E-state index in [-0.39, 0.29) is 0 Å². The number of furan rings is 2. The van der Waals surface area contributed by atoms with E-state index in [1.807, 2.05) is 36.4 Å². The van der Waals surface area contributed by atoms with E-state index in [9.17, 15) is 0 Å². The Balaban J connectivity index is 0.945. The number of aromatic nitrogens is 1. The van der Waals surface area contributed by atoms with Crippen LogP contribution < -0.4 is 5.32 Å². The van der Waals surface area contributed by atoms with Gasteiger partial charge in [0, 0.05) is 60.3 Å². The maximum absolute atomic E-state index is 6.89. The molecule has 0 amide bonds. The van der Waals surface area contributed by atoms with Gasteiger partial charge in [0.25, 0.3) is 0 Å². The van der Waals surface area contributed by atoms with Crippen LogP contribution in [0.1, 0.15) is 22.9 Å². The van der Waals surface area contributed by atoms with Gasteiger partial charge < -0.3 is 18.7 Å². The molecule has 0 fully saturated rings. The summed E-state index contributed by atoms with van der Waals surface area (Å²) in [6, 6.07) is 72.2. The lowest BCUT2D eigenvalue weighted by Gasteiger charge is -2.23. The second kappa shape index (κ2) is 14.0. The minimum atomic E-state index is -0.443. The third kappa shape index (κ3) is 5.73. The molecule has 0 saturated heterocycles. The molecule has 0 radical (unpaired) electrons. The van der Waals surface area contributed by atoms with Crippen molar-refractivity contribution < 1.29 is 8.83 Å². The molecule has 0 spiro atoms. The number of nitrogens with one attached hydrogen (secondary N) is 1. The first-order chi connectivity index (χ1) is 31.2. The van der Waals surface area contributed by atoms with Gasteiger partial charge in [-0.1, -0.05) is 158 Å². The Morgan fingerprint density at radius 3 is 1.90 bits per heavy atom. The zero-order valence-corrected chi connectivity index (χ0v) is 33.9. The Hall–Kier alpha value is -8.48. The van der Waals surface area contributed by atoms with Crippen LogP contribution >= 0.6 is 0 Å². The molecule has 3 aromatic heterocycles. The molecule has 0 saturated carbocycles. The fourth-order valence-electron chi connectivity index (χ4n) is 9.48. The predicted octanol–water partition coefficient (Wildman–Crippen LogP) is 14.4. The summed E-state index contributed by atoms with van der Waals surface area (Å²) in [5.41, 5.74) is 14.0. The van der Waals surface area contributed by atoms with Crippen molar-refractivity contribution in [1.82, 2.24) is 9.88 Å². The third-order valence-electron chi connectivity index (χ3n) is 12.5. The normalized spacial score (nSPS) is 14.2. The number of amidine groups is 2. The highest BCUT2D eigenvalue weighted by Crippen LogP contribution is 2.41. The molecule has 4 heterocycles. The van der Waals surface area contributed by atoms with Crippen LogP contribution in [0.4, 0.5) is 0 Å². The van der Waals surface area contributed by atoms with E-state index in [0.717, 1.165) is 94.3 Å². The summed E-state index contributed by atoms with van der Waals surface area (Å²) >= 11 is 0. The molecule has 13 rings (SSSR count). The van der Waals surface area contributed by atoms with Crippen molar-refractivity contribution in [3.8, 4) is 27.9 Å². The molecule has 296 valence electrons. The van der Waals surface area contributed by atoms with E-state index in [1.165, 1.54) is 21.9 Å². The molecule has 1 atom stereocenters. The average molecular weight is 809 g/mol. The molecule has 1 unspecified atom stereocenters. The number of rotatable bonds is 6. The number of hydrogen-bond acceptors (Lipinski definition) is 5. The van der Waals surface area contributed by atoms with E-state index < -0.39 is 6.17 Å². The van der Waals surface area contributed by atoms with Gasteiger partial charge in [-0.3, -0.25) is 0 Å². The topological polar surface area (TPSA) is 68.0 Å². The lowest BCUT2D eigenvalue weighted by Crippen LogP contribution is -2.33. The second-order valence-corrected chi connectivity index (χ2v) is 16.1. The van der Waals surface area contributed by atoms with Crippen molar-refractivity contribution in [2.75, 3.05) is 0 Å². The smallest absolute Gasteiger partial charge is 0.159 e. The summed E-state index contributed by atoms with van der Waals surface area (Å²) in [6.45, 7) is 0. The molecule has 9 aromatic carbocycles. The minimum absolute atomic E-state index is 0.443. The fourth-order valence-corrected chi connectivity index (χ4v) is 9.48. The van der Waals surface area contributed by atoms with Crippen molar-refractivity contribution in [2.24, 2.45) is 9.98 Å². The van der Waals surface area contributed by atoms with E-state index in [4.69, 9.17) is 18.8 Å². The Kier molecular flexibility index (Phi) is 7.87.